The highest BCUT2D eigenvalue weighted by Gasteiger charge is 2.24. The summed E-state index contributed by atoms with van der Waals surface area (Å²) < 4.78 is 0. The first kappa shape index (κ1) is 18.0. The van der Waals surface area contributed by atoms with Crippen LogP contribution in [0, 0.1) is 5.92 Å². The Bertz CT molecular complexity index is 239. The van der Waals surface area contributed by atoms with E-state index in [1.165, 1.54) is 0 Å². The Kier molecular flexibility index (Phi) is 8.95. The highest BCUT2D eigenvalue weighted by Crippen LogP contribution is 2.13. The summed E-state index contributed by atoms with van der Waals surface area (Å²) in [6.07, 6.45) is 4.38. The summed E-state index contributed by atoms with van der Waals surface area (Å²) >= 11 is 0. The Morgan fingerprint density at radius 2 is 1.89 bits per heavy atom. The van der Waals surface area contributed by atoms with Crippen molar-refractivity contribution in [3.8, 4) is 0 Å². The lowest BCUT2D eigenvalue weighted by Crippen LogP contribution is -2.48. The number of halogens is 2. The standard InChI is InChI=1S/C12H23N3O.2ClH/c1-15-7-4-11(5-8-15)14-12(16)10-3-2-6-13-9-10;;/h10-11,13H,2-9H2,1H3,(H,14,16);2*1H. The zero-order valence-corrected chi connectivity index (χ0v) is 12.6. The maximum Gasteiger partial charge on any atom is 0.224 e. The molecule has 2 N–H and O–H groups in total. The molecule has 2 aliphatic heterocycles. The summed E-state index contributed by atoms with van der Waals surface area (Å²) in [5, 5.41) is 6.49. The number of nitrogens with one attached hydrogen (secondary N) is 2. The molecule has 108 valence electrons. The van der Waals surface area contributed by atoms with Gasteiger partial charge in [-0.15, -0.1) is 24.8 Å². The van der Waals surface area contributed by atoms with Gasteiger partial charge in [0.1, 0.15) is 0 Å². The summed E-state index contributed by atoms with van der Waals surface area (Å²) in [5.41, 5.74) is 0. The summed E-state index contributed by atoms with van der Waals surface area (Å²) in [6, 6.07) is 0.408. The van der Waals surface area contributed by atoms with Crippen LogP contribution < -0.4 is 10.6 Å². The molecule has 1 amide bonds. The van der Waals surface area contributed by atoms with Gasteiger partial charge in [-0.2, -0.15) is 0 Å². The smallest absolute Gasteiger partial charge is 0.224 e. The SMILES string of the molecule is CN1CCC(NC(=O)C2CCCNC2)CC1.Cl.Cl. The van der Waals surface area contributed by atoms with Crippen LogP contribution in [0.5, 0.6) is 0 Å². The normalized spacial score (nSPS) is 25.7. The predicted octanol–water partition coefficient (Wildman–Crippen LogP) is 1.04. The van der Waals surface area contributed by atoms with Gasteiger partial charge in [0, 0.05) is 12.6 Å². The van der Waals surface area contributed by atoms with Gasteiger partial charge in [-0.05, 0) is 52.4 Å². The zero-order chi connectivity index (χ0) is 11.4. The van der Waals surface area contributed by atoms with E-state index in [0.717, 1.165) is 51.9 Å². The third kappa shape index (κ3) is 5.31. The topological polar surface area (TPSA) is 44.4 Å². The average Bonchev–Trinajstić information content (AvgIpc) is 2.33. The van der Waals surface area contributed by atoms with Crippen LogP contribution >= 0.6 is 24.8 Å². The van der Waals surface area contributed by atoms with Gasteiger partial charge >= 0.3 is 0 Å². The molecule has 0 aromatic heterocycles. The second-order valence-corrected chi connectivity index (χ2v) is 5.13. The van der Waals surface area contributed by atoms with E-state index in [4.69, 9.17) is 0 Å². The van der Waals surface area contributed by atoms with Gasteiger partial charge in [-0.25, -0.2) is 0 Å². The number of rotatable bonds is 2. The number of hydrogen-bond acceptors (Lipinski definition) is 3. The van der Waals surface area contributed by atoms with Crippen molar-refractivity contribution in [2.24, 2.45) is 5.92 Å². The first-order valence-corrected chi connectivity index (χ1v) is 6.45. The average molecular weight is 298 g/mol. The molecule has 0 aromatic rings. The summed E-state index contributed by atoms with van der Waals surface area (Å²) in [6.45, 7) is 4.14. The number of carbonyl (C=O) groups excluding carboxylic acids is 1. The van der Waals surface area contributed by atoms with Crippen molar-refractivity contribution in [2.45, 2.75) is 31.7 Å². The molecule has 0 aliphatic carbocycles. The molecule has 0 spiro atoms. The number of piperidine rings is 2. The lowest BCUT2D eigenvalue weighted by molar-refractivity contribution is -0.126. The molecule has 0 saturated carbocycles. The fraction of sp³-hybridized carbons (Fsp3) is 0.917. The molecule has 2 rings (SSSR count). The monoisotopic (exact) mass is 297 g/mol. The van der Waals surface area contributed by atoms with Gasteiger partial charge in [0.05, 0.1) is 5.92 Å². The fourth-order valence-electron chi connectivity index (χ4n) is 2.55. The molecule has 2 heterocycles. The van der Waals surface area contributed by atoms with E-state index in [-0.39, 0.29) is 36.6 Å². The van der Waals surface area contributed by atoms with Crippen LogP contribution in [0.4, 0.5) is 0 Å². The molecule has 1 atom stereocenters. The van der Waals surface area contributed by atoms with Crippen molar-refractivity contribution in [3.05, 3.63) is 0 Å². The van der Waals surface area contributed by atoms with Crippen molar-refractivity contribution < 1.29 is 4.79 Å². The predicted molar refractivity (Wildman–Crippen MR) is 78.8 cm³/mol. The first-order valence-electron chi connectivity index (χ1n) is 6.45. The molecule has 2 aliphatic rings. The summed E-state index contributed by atoms with van der Waals surface area (Å²) in [4.78, 5) is 14.3. The van der Waals surface area contributed by atoms with E-state index < -0.39 is 0 Å². The quantitative estimate of drug-likeness (QED) is 0.800. The van der Waals surface area contributed by atoms with Gasteiger partial charge in [0.25, 0.3) is 0 Å². The minimum absolute atomic E-state index is 0. The van der Waals surface area contributed by atoms with Crippen molar-refractivity contribution in [2.75, 3.05) is 33.2 Å². The van der Waals surface area contributed by atoms with Crippen molar-refractivity contribution in [3.63, 3.8) is 0 Å². The minimum Gasteiger partial charge on any atom is -0.353 e. The number of likely N-dealkylation sites (tertiary alicyclic amines) is 1. The summed E-state index contributed by atoms with van der Waals surface area (Å²) in [7, 11) is 2.14. The van der Waals surface area contributed by atoms with Gasteiger partial charge < -0.3 is 15.5 Å². The van der Waals surface area contributed by atoms with Gasteiger partial charge in [0.2, 0.25) is 5.91 Å². The van der Waals surface area contributed by atoms with Crippen LogP contribution in [0.2, 0.25) is 0 Å². The maximum absolute atomic E-state index is 12.0. The lowest BCUT2D eigenvalue weighted by Gasteiger charge is -2.31. The molecule has 1 unspecified atom stereocenters. The van der Waals surface area contributed by atoms with Crippen LogP contribution in [0.3, 0.4) is 0 Å². The molecule has 4 nitrogen and oxygen atoms in total. The van der Waals surface area contributed by atoms with Crippen LogP contribution in [0.25, 0.3) is 0 Å². The van der Waals surface area contributed by atoms with Crippen molar-refractivity contribution >= 4 is 30.7 Å². The number of nitrogens with zero attached hydrogens (tertiary/aromatic N) is 1. The molecular weight excluding hydrogens is 273 g/mol. The first-order chi connectivity index (χ1) is 7.75. The summed E-state index contributed by atoms with van der Waals surface area (Å²) in [5.74, 6) is 0.468. The lowest BCUT2D eigenvalue weighted by atomic mass is 9.97. The van der Waals surface area contributed by atoms with Crippen molar-refractivity contribution in [1.29, 1.82) is 0 Å². The van der Waals surface area contributed by atoms with E-state index >= 15 is 0 Å². The Balaban J connectivity index is 0.00000144. The molecule has 2 fully saturated rings. The van der Waals surface area contributed by atoms with Crippen molar-refractivity contribution in [1.82, 2.24) is 15.5 Å². The second kappa shape index (κ2) is 8.97. The molecule has 0 radical (unpaired) electrons. The Hall–Kier alpha value is -0.0300. The third-order valence-electron chi connectivity index (χ3n) is 3.73. The number of amides is 1. The fourth-order valence-corrected chi connectivity index (χ4v) is 2.55. The molecule has 18 heavy (non-hydrogen) atoms. The Morgan fingerprint density at radius 3 is 2.44 bits per heavy atom. The van der Waals surface area contributed by atoms with E-state index in [0.29, 0.717) is 6.04 Å². The van der Waals surface area contributed by atoms with Gasteiger partial charge in [-0.3, -0.25) is 4.79 Å². The molecule has 0 aromatic carbocycles. The van der Waals surface area contributed by atoms with E-state index in [2.05, 4.69) is 22.6 Å². The van der Waals surface area contributed by atoms with E-state index in [9.17, 15) is 4.79 Å². The molecular formula is C12H25Cl2N3O. The van der Waals surface area contributed by atoms with E-state index in [1.54, 1.807) is 0 Å². The highest BCUT2D eigenvalue weighted by molar-refractivity contribution is 5.85. The zero-order valence-electron chi connectivity index (χ0n) is 11.0. The van der Waals surface area contributed by atoms with Crippen LogP contribution in [0.1, 0.15) is 25.7 Å². The molecule has 2 saturated heterocycles. The third-order valence-corrected chi connectivity index (χ3v) is 3.73. The van der Waals surface area contributed by atoms with Gasteiger partial charge in [-0.1, -0.05) is 0 Å². The Labute approximate surface area is 122 Å². The van der Waals surface area contributed by atoms with Crippen LogP contribution in [-0.2, 0) is 4.79 Å². The minimum atomic E-state index is 0. The molecule has 0 bridgehead atoms. The van der Waals surface area contributed by atoms with Crippen LogP contribution in [0.15, 0.2) is 0 Å². The second-order valence-electron chi connectivity index (χ2n) is 5.13. The van der Waals surface area contributed by atoms with Gasteiger partial charge in [0.15, 0.2) is 0 Å². The van der Waals surface area contributed by atoms with Crippen LogP contribution in [-0.4, -0.2) is 50.1 Å². The molecule has 6 heteroatoms. The highest BCUT2D eigenvalue weighted by atomic mass is 35.5. The maximum atomic E-state index is 12.0. The largest absolute Gasteiger partial charge is 0.353 e. The number of hydrogen-bond donors (Lipinski definition) is 2. The Morgan fingerprint density at radius 1 is 1.22 bits per heavy atom. The van der Waals surface area contributed by atoms with E-state index in [1.807, 2.05) is 0 Å². The number of carbonyl (C=O) groups is 1.